The molecule has 2 aromatic rings. The van der Waals surface area contributed by atoms with Crippen molar-refractivity contribution in [2.75, 3.05) is 26.2 Å². The van der Waals surface area contributed by atoms with Gasteiger partial charge in [-0.25, -0.2) is 0 Å². The summed E-state index contributed by atoms with van der Waals surface area (Å²) in [7, 11) is 4.51. The molecule has 0 saturated carbocycles. The van der Waals surface area contributed by atoms with E-state index in [-0.39, 0.29) is 0 Å². The van der Waals surface area contributed by atoms with Gasteiger partial charge in [-0.15, -0.1) is 0 Å². The Bertz CT molecular complexity index is 897. The first-order valence-corrected chi connectivity index (χ1v) is 8.25. The first-order valence-electron chi connectivity index (χ1n) is 7.87. The minimum atomic E-state index is -1.96. The Morgan fingerprint density at radius 3 is 2.50 bits per heavy atom. The van der Waals surface area contributed by atoms with Crippen LogP contribution in [0.5, 0.6) is 11.5 Å². The van der Waals surface area contributed by atoms with Crippen LogP contribution in [-0.4, -0.2) is 38.1 Å². The highest BCUT2D eigenvalue weighted by atomic mass is 35.5. The number of rotatable bonds is 5. The number of methoxy groups -OCH3 is 2. The predicted molar refractivity (Wildman–Crippen MR) is 97.3 cm³/mol. The molecule has 1 aliphatic rings. The molecule has 0 aliphatic carbocycles. The molecule has 0 spiro atoms. The second-order valence-corrected chi connectivity index (χ2v) is 6.49. The monoisotopic (exact) mass is 375 g/mol. The number of hydrogen-bond donors (Lipinski definition) is 1. The average molecular weight is 376 g/mol. The van der Waals surface area contributed by atoms with Crippen molar-refractivity contribution in [1.82, 2.24) is 0 Å². The first-order chi connectivity index (χ1) is 12.3. The van der Waals surface area contributed by atoms with Crippen molar-refractivity contribution >= 4 is 29.0 Å². The zero-order valence-electron chi connectivity index (χ0n) is 14.6. The van der Waals surface area contributed by atoms with Gasteiger partial charge >= 0.3 is 0 Å². The third-order valence-corrected chi connectivity index (χ3v) is 4.78. The summed E-state index contributed by atoms with van der Waals surface area (Å²) in [5.41, 5.74) is -0.797. The van der Waals surface area contributed by atoms with Crippen LogP contribution in [0.15, 0.2) is 36.4 Å². The molecule has 136 valence electrons. The number of halogens is 1. The standard InChI is InChI=1S/C19H18ClNO5/c1-21-14-6-5-12(20)9-13(14)19(24,18(21)23)10-15(22)11-4-7-16(25-2)17(8-11)26-3/h4-9,24H,10H2,1-3H3/t19-/m0/s1. The van der Waals surface area contributed by atoms with Gasteiger partial charge in [0.15, 0.2) is 22.9 Å². The van der Waals surface area contributed by atoms with Gasteiger partial charge in [-0.1, -0.05) is 11.6 Å². The number of carbonyl (C=O) groups excluding carboxylic acids is 2. The topological polar surface area (TPSA) is 76.1 Å². The Morgan fingerprint density at radius 1 is 1.15 bits per heavy atom. The molecule has 0 unspecified atom stereocenters. The van der Waals surface area contributed by atoms with Gasteiger partial charge in [-0.05, 0) is 36.4 Å². The fraction of sp³-hybridized carbons (Fsp3) is 0.263. The number of aliphatic hydroxyl groups is 1. The maximum absolute atomic E-state index is 12.8. The zero-order valence-corrected chi connectivity index (χ0v) is 15.3. The lowest BCUT2D eigenvalue weighted by Gasteiger charge is -2.21. The van der Waals surface area contributed by atoms with Crippen LogP contribution in [-0.2, 0) is 10.4 Å². The Balaban J connectivity index is 1.97. The molecule has 0 radical (unpaired) electrons. The summed E-state index contributed by atoms with van der Waals surface area (Å²) in [5, 5.41) is 11.4. The molecule has 1 amide bonds. The number of ether oxygens (including phenoxy) is 2. The summed E-state index contributed by atoms with van der Waals surface area (Å²) in [6.45, 7) is 0. The number of benzene rings is 2. The SMILES string of the molecule is COc1ccc(C(=O)C[C@@]2(O)C(=O)N(C)c3ccc(Cl)cc32)cc1OC. The number of likely N-dealkylation sites (N-methyl/N-ethyl adjacent to an activating group) is 1. The predicted octanol–water partition coefficient (Wildman–Crippen LogP) is 2.79. The molecule has 0 fully saturated rings. The van der Waals surface area contributed by atoms with E-state index in [1.54, 1.807) is 31.3 Å². The summed E-state index contributed by atoms with van der Waals surface area (Å²) in [6.07, 6.45) is -0.404. The van der Waals surface area contributed by atoms with Gasteiger partial charge in [0, 0.05) is 23.2 Å². The lowest BCUT2D eigenvalue weighted by Crippen LogP contribution is -2.40. The van der Waals surface area contributed by atoms with E-state index < -0.39 is 23.7 Å². The third-order valence-electron chi connectivity index (χ3n) is 4.55. The van der Waals surface area contributed by atoms with Crippen molar-refractivity contribution in [2.45, 2.75) is 12.0 Å². The maximum Gasteiger partial charge on any atom is 0.263 e. The quantitative estimate of drug-likeness (QED) is 0.813. The summed E-state index contributed by atoms with van der Waals surface area (Å²) < 4.78 is 10.4. The number of nitrogens with zero attached hydrogens (tertiary/aromatic N) is 1. The third kappa shape index (κ3) is 2.81. The Hall–Kier alpha value is -2.57. The van der Waals surface area contributed by atoms with Gasteiger partial charge in [0.25, 0.3) is 5.91 Å². The number of fused-ring (bicyclic) bond motifs is 1. The molecule has 1 atom stereocenters. The number of amides is 1. The molecule has 0 aromatic heterocycles. The molecular formula is C19H18ClNO5. The van der Waals surface area contributed by atoms with Crippen LogP contribution in [0.25, 0.3) is 0 Å². The van der Waals surface area contributed by atoms with Crippen molar-refractivity contribution in [2.24, 2.45) is 0 Å². The van der Waals surface area contributed by atoms with Crippen LogP contribution in [0.1, 0.15) is 22.3 Å². The zero-order chi connectivity index (χ0) is 19.1. The number of Topliss-reactive ketones (excluding diaryl/α,β-unsaturated/α-hetero) is 1. The summed E-state index contributed by atoms with van der Waals surface area (Å²) in [6, 6.07) is 9.48. The van der Waals surface area contributed by atoms with E-state index in [9.17, 15) is 14.7 Å². The molecule has 2 aromatic carbocycles. The van der Waals surface area contributed by atoms with Gasteiger partial charge in [0.05, 0.1) is 26.3 Å². The van der Waals surface area contributed by atoms with Gasteiger partial charge in [-0.2, -0.15) is 0 Å². The van der Waals surface area contributed by atoms with Crippen molar-refractivity contribution in [3.8, 4) is 11.5 Å². The summed E-state index contributed by atoms with van der Waals surface area (Å²) in [5.74, 6) is -0.0909. The van der Waals surface area contributed by atoms with Gasteiger partial charge in [0.2, 0.25) is 0 Å². The van der Waals surface area contributed by atoms with Crippen molar-refractivity contribution in [3.63, 3.8) is 0 Å². The van der Waals surface area contributed by atoms with Crippen molar-refractivity contribution in [1.29, 1.82) is 0 Å². The second kappa shape index (κ2) is 6.63. The smallest absolute Gasteiger partial charge is 0.263 e. The fourth-order valence-electron chi connectivity index (χ4n) is 3.15. The number of hydrogen-bond acceptors (Lipinski definition) is 5. The van der Waals surface area contributed by atoms with Gasteiger partial charge in [-0.3, -0.25) is 9.59 Å². The van der Waals surface area contributed by atoms with Gasteiger partial charge in [0.1, 0.15) is 0 Å². The number of ketones is 1. The Labute approximate surface area is 155 Å². The molecular weight excluding hydrogens is 358 g/mol. The van der Waals surface area contributed by atoms with E-state index >= 15 is 0 Å². The van der Waals surface area contributed by atoms with E-state index in [1.165, 1.54) is 31.3 Å². The molecule has 7 heteroatoms. The molecule has 1 heterocycles. The van der Waals surface area contributed by atoms with E-state index in [4.69, 9.17) is 21.1 Å². The van der Waals surface area contributed by atoms with Crippen LogP contribution in [0.3, 0.4) is 0 Å². The molecule has 3 rings (SSSR count). The molecule has 6 nitrogen and oxygen atoms in total. The average Bonchev–Trinajstić information content (AvgIpc) is 2.82. The highest BCUT2D eigenvalue weighted by Crippen LogP contribution is 2.43. The van der Waals surface area contributed by atoms with E-state index in [1.807, 2.05) is 0 Å². The highest BCUT2D eigenvalue weighted by Gasteiger charge is 2.49. The number of anilines is 1. The summed E-state index contributed by atoms with van der Waals surface area (Å²) >= 11 is 6.02. The second-order valence-electron chi connectivity index (χ2n) is 6.06. The van der Waals surface area contributed by atoms with Crippen molar-refractivity contribution < 1.29 is 24.2 Å². The summed E-state index contributed by atoms with van der Waals surface area (Å²) in [4.78, 5) is 26.7. The normalized spacial score (nSPS) is 18.7. The molecule has 1 N–H and O–H groups in total. The Morgan fingerprint density at radius 2 is 1.85 bits per heavy atom. The van der Waals surface area contributed by atoms with Crippen LogP contribution < -0.4 is 14.4 Å². The molecule has 1 aliphatic heterocycles. The first kappa shape index (κ1) is 18.2. The lowest BCUT2D eigenvalue weighted by atomic mass is 9.88. The largest absolute Gasteiger partial charge is 0.493 e. The minimum absolute atomic E-state index is 0.307. The van der Waals surface area contributed by atoms with Crippen molar-refractivity contribution in [3.05, 3.63) is 52.5 Å². The highest BCUT2D eigenvalue weighted by molar-refractivity contribution is 6.31. The minimum Gasteiger partial charge on any atom is -0.493 e. The van der Waals surface area contributed by atoms with Crippen LogP contribution in [0.2, 0.25) is 5.02 Å². The van der Waals surface area contributed by atoms with E-state index in [2.05, 4.69) is 0 Å². The van der Waals surface area contributed by atoms with E-state index in [0.717, 1.165) is 0 Å². The molecule has 0 saturated heterocycles. The van der Waals surface area contributed by atoms with Crippen LogP contribution in [0.4, 0.5) is 5.69 Å². The molecule has 26 heavy (non-hydrogen) atoms. The van der Waals surface area contributed by atoms with Crippen LogP contribution in [0, 0.1) is 0 Å². The molecule has 0 bridgehead atoms. The van der Waals surface area contributed by atoms with E-state index in [0.29, 0.717) is 33.3 Å². The lowest BCUT2D eigenvalue weighted by molar-refractivity contribution is -0.135. The fourth-order valence-corrected chi connectivity index (χ4v) is 3.32. The Kier molecular flexibility index (Phi) is 4.64. The number of carbonyl (C=O) groups is 2. The van der Waals surface area contributed by atoms with Crippen LogP contribution >= 0.6 is 11.6 Å². The van der Waals surface area contributed by atoms with Gasteiger partial charge < -0.3 is 19.5 Å². The maximum atomic E-state index is 12.8.